The predicted octanol–water partition coefficient (Wildman–Crippen LogP) is 2.69. The minimum absolute atomic E-state index is 0.00882. The van der Waals surface area contributed by atoms with Gasteiger partial charge in [-0.25, -0.2) is 8.78 Å². The van der Waals surface area contributed by atoms with Crippen molar-refractivity contribution in [2.45, 2.75) is 25.7 Å². The van der Waals surface area contributed by atoms with Gasteiger partial charge in [0, 0.05) is 31.6 Å². The number of rotatable bonds is 5. The number of amides is 1. The molecular formula is C16H19F2NO4. The fourth-order valence-electron chi connectivity index (χ4n) is 2.84. The summed E-state index contributed by atoms with van der Waals surface area (Å²) in [6.07, 6.45) is 1.98. The van der Waals surface area contributed by atoms with E-state index in [0.717, 1.165) is 18.6 Å². The molecule has 0 spiro atoms. The van der Waals surface area contributed by atoms with E-state index in [2.05, 4.69) is 0 Å². The average molecular weight is 327 g/mol. The summed E-state index contributed by atoms with van der Waals surface area (Å²) in [4.78, 5) is 24.4. The van der Waals surface area contributed by atoms with Crippen LogP contribution < -0.4 is 4.74 Å². The summed E-state index contributed by atoms with van der Waals surface area (Å²) in [6, 6.07) is 1.95. The molecule has 0 aromatic heterocycles. The Balaban J connectivity index is 2.12. The van der Waals surface area contributed by atoms with Crippen molar-refractivity contribution in [3.63, 3.8) is 0 Å². The van der Waals surface area contributed by atoms with Gasteiger partial charge in [0.25, 0.3) is 5.91 Å². The van der Waals surface area contributed by atoms with E-state index in [1.54, 1.807) is 0 Å². The van der Waals surface area contributed by atoms with Crippen LogP contribution in [0.25, 0.3) is 0 Å². The Morgan fingerprint density at radius 1 is 1.35 bits per heavy atom. The van der Waals surface area contributed by atoms with Gasteiger partial charge >= 0.3 is 5.97 Å². The van der Waals surface area contributed by atoms with Gasteiger partial charge in [-0.2, -0.15) is 0 Å². The number of carboxylic acid groups (broad SMARTS) is 1. The van der Waals surface area contributed by atoms with Gasteiger partial charge in [-0.15, -0.1) is 0 Å². The molecule has 23 heavy (non-hydrogen) atoms. The van der Waals surface area contributed by atoms with Gasteiger partial charge in [-0.1, -0.05) is 0 Å². The second-order valence-corrected chi connectivity index (χ2v) is 5.66. The highest BCUT2D eigenvalue weighted by Crippen LogP contribution is 2.26. The summed E-state index contributed by atoms with van der Waals surface area (Å²) in [6.45, 7) is 0.727. The summed E-state index contributed by atoms with van der Waals surface area (Å²) >= 11 is 0. The molecule has 126 valence electrons. The highest BCUT2D eigenvalue weighted by atomic mass is 19.1. The number of hydrogen-bond acceptors (Lipinski definition) is 3. The van der Waals surface area contributed by atoms with Gasteiger partial charge in [0.15, 0.2) is 0 Å². The number of methoxy groups -OCH3 is 1. The van der Waals surface area contributed by atoms with Crippen molar-refractivity contribution in [3.8, 4) is 5.75 Å². The van der Waals surface area contributed by atoms with Crippen molar-refractivity contribution in [1.29, 1.82) is 0 Å². The maximum Gasteiger partial charge on any atom is 0.303 e. The van der Waals surface area contributed by atoms with Gasteiger partial charge in [-0.3, -0.25) is 9.59 Å². The van der Waals surface area contributed by atoms with Crippen LogP contribution in [0.2, 0.25) is 0 Å². The highest BCUT2D eigenvalue weighted by Gasteiger charge is 2.28. The smallest absolute Gasteiger partial charge is 0.303 e. The minimum Gasteiger partial charge on any atom is -0.497 e. The Bertz CT molecular complexity index is 583. The van der Waals surface area contributed by atoms with Gasteiger partial charge in [0.05, 0.1) is 7.11 Å². The van der Waals surface area contributed by atoms with Crippen molar-refractivity contribution in [2.24, 2.45) is 5.92 Å². The first-order chi connectivity index (χ1) is 10.9. The SMILES string of the molecule is COc1cc(F)c(C(=O)N2CCC[C@H](CCC(=O)O)C2)c(F)c1. The fourth-order valence-corrected chi connectivity index (χ4v) is 2.84. The second kappa shape index (κ2) is 7.39. The standard InChI is InChI=1S/C16H19F2NO4/c1-23-11-7-12(17)15(13(18)8-11)16(22)19-6-2-3-10(9-19)4-5-14(20)21/h7-8,10H,2-6,9H2,1H3,(H,20,21)/t10-/m1/s1. The zero-order valence-electron chi connectivity index (χ0n) is 12.8. The van der Waals surface area contributed by atoms with E-state index < -0.39 is 29.1 Å². The van der Waals surface area contributed by atoms with Crippen molar-refractivity contribution in [2.75, 3.05) is 20.2 Å². The quantitative estimate of drug-likeness (QED) is 0.903. The van der Waals surface area contributed by atoms with E-state index in [1.165, 1.54) is 12.0 Å². The number of piperidine rings is 1. The monoisotopic (exact) mass is 327 g/mol. The van der Waals surface area contributed by atoms with Crippen LogP contribution in [0.4, 0.5) is 8.78 Å². The first-order valence-corrected chi connectivity index (χ1v) is 7.46. The first-order valence-electron chi connectivity index (χ1n) is 7.46. The van der Waals surface area contributed by atoms with Crippen LogP contribution >= 0.6 is 0 Å². The normalized spacial score (nSPS) is 17.9. The molecule has 2 rings (SSSR count). The van der Waals surface area contributed by atoms with E-state index in [1.807, 2.05) is 0 Å². The first kappa shape index (κ1) is 17.2. The van der Waals surface area contributed by atoms with Crippen LogP contribution in [0.5, 0.6) is 5.75 Å². The largest absolute Gasteiger partial charge is 0.497 e. The maximum atomic E-state index is 14.0. The van der Waals surface area contributed by atoms with Crippen LogP contribution in [0, 0.1) is 17.6 Å². The Morgan fingerprint density at radius 3 is 2.57 bits per heavy atom. The number of halogens is 2. The van der Waals surface area contributed by atoms with Crippen molar-refractivity contribution in [3.05, 3.63) is 29.3 Å². The van der Waals surface area contributed by atoms with E-state index in [0.29, 0.717) is 25.9 Å². The predicted molar refractivity (Wildman–Crippen MR) is 78.4 cm³/mol. The van der Waals surface area contributed by atoms with Gasteiger partial charge in [0.2, 0.25) is 0 Å². The molecule has 0 aliphatic carbocycles. The Labute approximate surface area is 132 Å². The topological polar surface area (TPSA) is 66.8 Å². The zero-order chi connectivity index (χ0) is 17.0. The third-order valence-electron chi connectivity index (χ3n) is 4.04. The summed E-state index contributed by atoms with van der Waals surface area (Å²) in [7, 11) is 1.29. The minimum atomic E-state index is -0.959. The number of likely N-dealkylation sites (tertiary alicyclic amines) is 1. The molecule has 0 bridgehead atoms. The maximum absolute atomic E-state index is 14.0. The molecule has 1 aliphatic heterocycles. The molecule has 5 nitrogen and oxygen atoms in total. The molecule has 0 saturated carbocycles. The lowest BCUT2D eigenvalue weighted by molar-refractivity contribution is -0.137. The zero-order valence-corrected chi connectivity index (χ0v) is 12.8. The molecule has 1 aromatic rings. The molecule has 0 unspecified atom stereocenters. The van der Waals surface area contributed by atoms with Crippen LogP contribution in [-0.4, -0.2) is 42.1 Å². The molecule has 1 saturated heterocycles. The lowest BCUT2D eigenvalue weighted by Gasteiger charge is -2.32. The van der Waals surface area contributed by atoms with E-state index >= 15 is 0 Å². The van der Waals surface area contributed by atoms with Gasteiger partial charge < -0.3 is 14.7 Å². The Kier molecular flexibility index (Phi) is 5.52. The number of carbonyl (C=O) groups is 2. The Morgan fingerprint density at radius 2 is 2.00 bits per heavy atom. The molecule has 1 aromatic carbocycles. The van der Waals surface area contributed by atoms with Crippen LogP contribution in [0.3, 0.4) is 0 Å². The lowest BCUT2D eigenvalue weighted by atomic mass is 9.93. The molecule has 1 N–H and O–H groups in total. The van der Waals surface area contributed by atoms with Crippen molar-refractivity contribution >= 4 is 11.9 Å². The molecule has 1 amide bonds. The molecule has 0 radical (unpaired) electrons. The third kappa shape index (κ3) is 4.18. The van der Waals surface area contributed by atoms with Crippen molar-refractivity contribution < 1.29 is 28.2 Å². The van der Waals surface area contributed by atoms with Crippen LogP contribution in [-0.2, 0) is 4.79 Å². The number of benzene rings is 1. The Hall–Kier alpha value is -2.18. The van der Waals surface area contributed by atoms with E-state index in [9.17, 15) is 18.4 Å². The summed E-state index contributed by atoms with van der Waals surface area (Å²) in [5.41, 5.74) is -0.593. The summed E-state index contributed by atoms with van der Waals surface area (Å²) < 4.78 is 32.8. The van der Waals surface area contributed by atoms with E-state index in [4.69, 9.17) is 9.84 Å². The fraction of sp³-hybridized carbons (Fsp3) is 0.500. The third-order valence-corrected chi connectivity index (χ3v) is 4.04. The summed E-state index contributed by atoms with van der Waals surface area (Å²) in [5, 5.41) is 8.73. The van der Waals surface area contributed by atoms with Gasteiger partial charge in [-0.05, 0) is 25.2 Å². The van der Waals surface area contributed by atoms with Crippen LogP contribution in [0.1, 0.15) is 36.0 Å². The average Bonchev–Trinajstić information content (AvgIpc) is 2.52. The number of carbonyl (C=O) groups excluding carboxylic acids is 1. The van der Waals surface area contributed by atoms with E-state index in [-0.39, 0.29) is 18.1 Å². The van der Waals surface area contributed by atoms with Crippen LogP contribution in [0.15, 0.2) is 12.1 Å². The second-order valence-electron chi connectivity index (χ2n) is 5.66. The number of nitrogens with zero attached hydrogens (tertiary/aromatic N) is 1. The lowest BCUT2D eigenvalue weighted by Crippen LogP contribution is -2.40. The number of hydrogen-bond donors (Lipinski definition) is 1. The number of aliphatic carboxylic acids is 1. The molecule has 1 heterocycles. The molecule has 1 aliphatic rings. The number of carboxylic acids is 1. The molecule has 7 heteroatoms. The highest BCUT2D eigenvalue weighted by molar-refractivity contribution is 5.95. The number of ether oxygens (including phenoxy) is 1. The molecule has 1 fully saturated rings. The van der Waals surface area contributed by atoms with Gasteiger partial charge in [0.1, 0.15) is 22.9 Å². The molecule has 1 atom stereocenters. The van der Waals surface area contributed by atoms with Crippen molar-refractivity contribution in [1.82, 2.24) is 4.90 Å². The molecular weight excluding hydrogens is 308 g/mol. The summed E-state index contributed by atoms with van der Waals surface area (Å²) in [5.74, 6) is -3.47.